The van der Waals surface area contributed by atoms with Crippen molar-refractivity contribution < 1.29 is 13.6 Å². The highest BCUT2D eigenvalue weighted by Gasteiger charge is 2.25. The van der Waals surface area contributed by atoms with E-state index >= 15 is 0 Å². The first-order valence-electron chi connectivity index (χ1n) is 12.4. The van der Waals surface area contributed by atoms with Crippen LogP contribution in [0.2, 0.25) is 0 Å². The summed E-state index contributed by atoms with van der Waals surface area (Å²) in [5.41, 5.74) is 3.65. The lowest BCUT2D eigenvalue weighted by molar-refractivity contribution is 0.0926. The van der Waals surface area contributed by atoms with E-state index in [1.54, 1.807) is 18.2 Å². The molecular formula is C29H30FN3O2. The van der Waals surface area contributed by atoms with Gasteiger partial charge in [0.25, 0.3) is 5.91 Å². The van der Waals surface area contributed by atoms with Crippen molar-refractivity contribution in [1.29, 1.82) is 0 Å². The third kappa shape index (κ3) is 5.37. The lowest BCUT2D eigenvalue weighted by Crippen LogP contribution is -2.24. The van der Waals surface area contributed by atoms with Crippen molar-refractivity contribution in [3.05, 3.63) is 90.2 Å². The van der Waals surface area contributed by atoms with Gasteiger partial charge in [-0.1, -0.05) is 49.6 Å². The quantitative estimate of drug-likeness (QED) is 0.287. The number of nitrogens with zero attached hydrogens (tertiary/aromatic N) is 2. The van der Waals surface area contributed by atoms with Crippen LogP contribution in [0.3, 0.4) is 0 Å². The molecule has 1 aliphatic carbocycles. The fourth-order valence-corrected chi connectivity index (χ4v) is 4.87. The Bertz CT molecular complexity index is 1250. The number of aryl methyl sites for hydroxylation is 1. The van der Waals surface area contributed by atoms with Gasteiger partial charge in [-0.3, -0.25) is 4.79 Å². The van der Waals surface area contributed by atoms with Gasteiger partial charge in [0.1, 0.15) is 11.5 Å². The van der Waals surface area contributed by atoms with Crippen molar-refractivity contribution in [1.82, 2.24) is 14.9 Å². The zero-order valence-electron chi connectivity index (χ0n) is 19.8. The third-order valence-electron chi connectivity index (χ3n) is 6.71. The number of benzene rings is 2. The number of hydrogen-bond donors (Lipinski definition) is 1. The minimum atomic E-state index is -0.286. The Kier molecular flexibility index (Phi) is 7.07. The number of furan rings is 1. The Labute approximate surface area is 205 Å². The number of aromatic nitrogens is 2. The zero-order valence-corrected chi connectivity index (χ0v) is 19.8. The molecule has 4 aromatic rings. The molecule has 2 aromatic heterocycles. The fraction of sp³-hybridized carbons (Fsp3) is 0.310. The lowest BCUT2D eigenvalue weighted by Gasteiger charge is -2.24. The maximum Gasteiger partial charge on any atom is 0.287 e. The molecular weight excluding hydrogens is 441 g/mol. The van der Waals surface area contributed by atoms with E-state index in [0.29, 0.717) is 18.3 Å². The van der Waals surface area contributed by atoms with E-state index in [-0.39, 0.29) is 17.5 Å². The predicted molar refractivity (Wildman–Crippen MR) is 135 cm³/mol. The highest BCUT2D eigenvalue weighted by Crippen LogP contribution is 2.38. The van der Waals surface area contributed by atoms with Crippen molar-refractivity contribution >= 4 is 5.91 Å². The monoisotopic (exact) mass is 471 g/mol. The fourth-order valence-electron chi connectivity index (χ4n) is 4.87. The molecule has 1 amide bonds. The van der Waals surface area contributed by atoms with Crippen molar-refractivity contribution in [2.24, 2.45) is 0 Å². The molecule has 6 heteroatoms. The molecule has 5 rings (SSSR count). The maximum atomic E-state index is 13.5. The second-order valence-electron chi connectivity index (χ2n) is 9.16. The predicted octanol–water partition coefficient (Wildman–Crippen LogP) is 6.82. The van der Waals surface area contributed by atoms with Crippen molar-refractivity contribution in [2.75, 3.05) is 6.54 Å². The molecule has 180 valence electrons. The van der Waals surface area contributed by atoms with E-state index in [9.17, 15) is 9.18 Å². The molecule has 1 N–H and O–H groups in total. The van der Waals surface area contributed by atoms with Gasteiger partial charge < -0.3 is 14.3 Å². The van der Waals surface area contributed by atoms with Crippen molar-refractivity contribution in [3.63, 3.8) is 0 Å². The molecule has 1 fully saturated rings. The van der Waals surface area contributed by atoms with Crippen LogP contribution in [-0.4, -0.2) is 22.0 Å². The van der Waals surface area contributed by atoms with Crippen LogP contribution in [0.15, 0.2) is 77.5 Å². The Hall–Kier alpha value is -3.67. The van der Waals surface area contributed by atoms with Crippen LogP contribution in [0.5, 0.6) is 0 Å². The summed E-state index contributed by atoms with van der Waals surface area (Å²) in [5.74, 6) is 0.366. The van der Waals surface area contributed by atoms with Crippen LogP contribution < -0.4 is 5.32 Å². The molecule has 0 saturated heterocycles. The smallest absolute Gasteiger partial charge is 0.287 e. The maximum absolute atomic E-state index is 13.5. The first-order valence-corrected chi connectivity index (χ1v) is 12.4. The molecule has 1 aliphatic rings. The second kappa shape index (κ2) is 10.7. The summed E-state index contributed by atoms with van der Waals surface area (Å²) in [4.78, 5) is 17.4. The van der Waals surface area contributed by atoms with E-state index in [1.165, 1.54) is 37.0 Å². The Morgan fingerprint density at radius 3 is 2.54 bits per heavy atom. The summed E-state index contributed by atoms with van der Waals surface area (Å²) < 4.78 is 21.8. The van der Waals surface area contributed by atoms with E-state index in [4.69, 9.17) is 9.40 Å². The number of nitrogens with one attached hydrogen (secondary N) is 1. The zero-order chi connectivity index (χ0) is 24.0. The molecule has 0 atom stereocenters. The van der Waals surface area contributed by atoms with Gasteiger partial charge in [0, 0.05) is 18.2 Å². The molecule has 0 spiro atoms. The second-order valence-corrected chi connectivity index (χ2v) is 9.16. The SMILES string of the molecule is O=C(NCCCc1ccccc1)c1ccc(-c2c(-c3ccc(F)cc3)ncn2C2CCCCC2)o1. The Morgan fingerprint density at radius 2 is 1.77 bits per heavy atom. The summed E-state index contributed by atoms with van der Waals surface area (Å²) >= 11 is 0. The molecule has 2 aromatic carbocycles. The first kappa shape index (κ1) is 23.1. The largest absolute Gasteiger partial charge is 0.449 e. The van der Waals surface area contributed by atoms with E-state index < -0.39 is 0 Å². The van der Waals surface area contributed by atoms with Gasteiger partial charge in [-0.25, -0.2) is 9.37 Å². The summed E-state index contributed by atoms with van der Waals surface area (Å²) in [6.45, 7) is 0.574. The van der Waals surface area contributed by atoms with Gasteiger partial charge in [-0.05, 0) is 67.6 Å². The molecule has 0 bridgehead atoms. The van der Waals surface area contributed by atoms with Crippen molar-refractivity contribution in [2.45, 2.75) is 51.0 Å². The first-order chi connectivity index (χ1) is 17.2. The molecule has 2 heterocycles. The van der Waals surface area contributed by atoms with Gasteiger partial charge in [0.05, 0.1) is 12.0 Å². The minimum absolute atomic E-state index is 0.226. The molecule has 0 aliphatic heterocycles. The van der Waals surface area contributed by atoms with Crippen LogP contribution in [0, 0.1) is 5.82 Å². The lowest BCUT2D eigenvalue weighted by atomic mass is 9.95. The van der Waals surface area contributed by atoms with Gasteiger partial charge in [0.2, 0.25) is 0 Å². The number of halogens is 1. The summed E-state index contributed by atoms with van der Waals surface area (Å²) in [6, 6.07) is 20.5. The van der Waals surface area contributed by atoms with Crippen LogP contribution in [0.25, 0.3) is 22.7 Å². The minimum Gasteiger partial charge on any atom is -0.449 e. The molecule has 35 heavy (non-hydrogen) atoms. The average Bonchev–Trinajstić information content (AvgIpc) is 3.56. The van der Waals surface area contributed by atoms with E-state index in [2.05, 4.69) is 22.0 Å². The number of hydrogen-bond acceptors (Lipinski definition) is 3. The molecule has 0 radical (unpaired) electrons. The summed E-state index contributed by atoms with van der Waals surface area (Å²) in [7, 11) is 0. The number of amides is 1. The van der Waals surface area contributed by atoms with Gasteiger partial charge >= 0.3 is 0 Å². The Morgan fingerprint density at radius 1 is 1.00 bits per heavy atom. The number of carbonyl (C=O) groups is 1. The summed E-state index contributed by atoms with van der Waals surface area (Å²) in [5, 5.41) is 2.96. The van der Waals surface area contributed by atoms with Crippen LogP contribution in [0.4, 0.5) is 4.39 Å². The van der Waals surface area contributed by atoms with Crippen LogP contribution in [0.1, 0.15) is 60.7 Å². The Balaban J connectivity index is 1.35. The van der Waals surface area contributed by atoms with E-state index in [0.717, 1.165) is 42.6 Å². The topological polar surface area (TPSA) is 60.1 Å². The number of imidazole rings is 1. The highest BCUT2D eigenvalue weighted by molar-refractivity contribution is 5.92. The van der Waals surface area contributed by atoms with Crippen molar-refractivity contribution in [3.8, 4) is 22.7 Å². The van der Waals surface area contributed by atoms with Gasteiger partial charge in [-0.15, -0.1) is 0 Å². The number of carbonyl (C=O) groups excluding carboxylic acids is 1. The van der Waals surface area contributed by atoms with Crippen LogP contribution >= 0.6 is 0 Å². The summed E-state index contributed by atoms with van der Waals surface area (Å²) in [6.07, 6.45) is 9.41. The van der Waals surface area contributed by atoms with E-state index in [1.807, 2.05) is 30.6 Å². The van der Waals surface area contributed by atoms with Gasteiger partial charge in [-0.2, -0.15) is 0 Å². The molecule has 1 saturated carbocycles. The standard InChI is InChI=1S/C29H30FN3O2/c30-23-15-13-22(14-16-23)27-28(33(20-32-27)24-11-5-2-6-12-24)25-17-18-26(35-25)29(34)31-19-7-10-21-8-3-1-4-9-21/h1,3-4,8-9,13-18,20,24H,2,5-7,10-12,19H2,(H,31,34). The molecule has 0 unspecified atom stereocenters. The highest BCUT2D eigenvalue weighted by atomic mass is 19.1. The third-order valence-corrected chi connectivity index (χ3v) is 6.71. The number of rotatable bonds is 8. The van der Waals surface area contributed by atoms with Gasteiger partial charge in [0.15, 0.2) is 11.5 Å². The van der Waals surface area contributed by atoms with Crippen LogP contribution in [-0.2, 0) is 6.42 Å². The molecule has 5 nitrogen and oxygen atoms in total. The normalized spacial score (nSPS) is 14.2. The average molecular weight is 472 g/mol.